The lowest BCUT2D eigenvalue weighted by molar-refractivity contribution is 0.0775. The number of methoxy groups -OCH3 is 2. The van der Waals surface area contributed by atoms with Gasteiger partial charge in [-0.2, -0.15) is 0 Å². The SMILES string of the molecule is COc1cccc(OC)c1-n1c(NS(=O)(=O)[C@@H](C)[C@H](C)c2ncc(Cl)cn2)nnc1C1CCCOC1. The summed E-state index contributed by atoms with van der Waals surface area (Å²) in [4.78, 5) is 8.36. The maximum Gasteiger partial charge on any atom is 0.243 e. The van der Waals surface area contributed by atoms with Gasteiger partial charge in [0.05, 0.1) is 31.1 Å². The van der Waals surface area contributed by atoms with E-state index in [1.54, 1.807) is 36.6 Å². The molecule has 0 radical (unpaired) electrons. The number of benzene rings is 1. The second-order valence-electron chi connectivity index (χ2n) is 8.54. The normalized spacial score (nSPS) is 17.9. The van der Waals surface area contributed by atoms with E-state index in [4.69, 9.17) is 25.8 Å². The zero-order valence-corrected chi connectivity index (χ0v) is 22.1. The zero-order valence-electron chi connectivity index (χ0n) is 20.5. The summed E-state index contributed by atoms with van der Waals surface area (Å²) in [5, 5.41) is 8.09. The second-order valence-corrected chi connectivity index (χ2v) is 11.0. The Kier molecular flexibility index (Phi) is 7.96. The van der Waals surface area contributed by atoms with Crippen LogP contribution in [0, 0.1) is 0 Å². The van der Waals surface area contributed by atoms with Crippen LogP contribution in [0.1, 0.15) is 50.2 Å². The van der Waals surface area contributed by atoms with E-state index in [1.807, 2.05) is 0 Å². The fourth-order valence-corrected chi connectivity index (χ4v) is 5.43. The van der Waals surface area contributed by atoms with Crippen LogP contribution in [0.2, 0.25) is 5.02 Å². The van der Waals surface area contributed by atoms with Crippen molar-refractivity contribution in [3.05, 3.63) is 47.3 Å². The number of hydrogen-bond acceptors (Lipinski definition) is 9. The highest BCUT2D eigenvalue weighted by atomic mass is 35.5. The number of aromatic nitrogens is 5. The first-order chi connectivity index (χ1) is 17.3. The van der Waals surface area contributed by atoms with E-state index in [0.717, 1.165) is 12.8 Å². The van der Waals surface area contributed by atoms with Crippen molar-refractivity contribution < 1.29 is 22.6 Å². The molecule has 0 spiro atoms. The largest absolute Gasteiger partial charge is 0.494 e. The Morgan fingerprint density at radius 3 is 2.39 bits per heavy atom. The van der Waals surface area contributed by atoms with Crippen LogP contribution < -0.4 is 14.2 Å². The average molecular weight is 537 g/mol. The minimum Gasteiger partial charge on any atom is -0.494 e. The molecule has 1 N–H and O–H groups in total. The van der Waals surface area contributed by atoms with Crippen LogP contribution in [0.25, 0.3) is 5.69 Å². The smallest absolute Gasteiger partial charge is 0.243 e. The molecule has 11 nitrogen and oxygen atoms in total. The molecule has 1 aliphatic rings. The lowest BCUT2D eigenvalue weighted by Crippen LogP contribution is -2.31. The second kappa shape index (κ2) is 11.0. The summed E-state index contributed by atoms with van der Waals surface area (Å²) in [6.45, 7) is 4.45. The zero-order chi connectivity index (χ0) is 25.9. The Labute approximate surface area is 215 Å². The Morgan fingerprint density at radius 2 is 1.81 bits per heavy atom. The van der Waals surface area contributed by atoms with Crippen LogP contribution in [0.4, 0.5) is 5.95 Å². The van der Waals surface area contributed by atoms with Gasteiger partial charge in [-0.25, -0.2) is 18.4 Å². The molecule has 1 aromatic carbocycles. The lowest BCUT2D eigenvalue weighted by atomic mass is 10.0. The van der Waals surface area contributed by atoms with E-state index in [0.29, 0.717) is 47.1 Å². The van der Waals surface area contributed by atoms with E-state index in [9.17, 15) is 8.42 Å². The molecule has 0 aliphatic carbocycles. The van der Waals surface area contributed by atoms with Crippen LogP contribution >= 0.6 is 11.6 Å². The summed E-state index contributed by atoms with van der Waals surface area (Å²) in [5.74, 6) is 1.28. The van der Waals surface area contributed by atoms with Gasteiger partial charge in [-0.3, -0.25) is 9.29 Å². The van der Waals surface area contributed by atoms with Crippen LogP contribution in [0.3, 0.4) is 0 Å². The van der Waals surface area contributed by atoms with Gasteiger partial charge in [-0.05, 0) is 31.9 Å². The fourth-order valence-electron chi connectivity index (χ4n) is 4.10. The number of sulfonamides is 1. The third-order valence-corrected chi connectivity index (χ3v) is 8.36. The molecule has 1 aliphatic heterocycles. The summed E-state index contributed by atoms with van der Waals surface area (Å²) in [5.41, 5.74) is 0.493. The molecule has 3 aromatic rings. The van der Waals surface area contributed by atoms with Gasteiger partial charge >= 0.3 is 0 Å². The van der Waals surface area contributed by atoms with E-state index in [2.05, 4.69) is 24.9 Å². The molecule has 1 fully saturated rings. The number of halogens is 1. The maximum absolute atomic E-state index is 13.5. The van der Waals surface area contributed by atoms with E-state index in [1.165, 1.54) is 26.6 Å². The minimum atomic E-state index is -3.96. The molecular weight excluding hydrogens is 508 g/mol. The Hall–Kier alpha value is -2.96. The van der Waals surface area contributed by atoms with Crippen molar-refractivity contribution in [2.75, 3.05) is 32.2 Å². The first kappa shape index (κ1) is 26.1. The van der Waals surface area contributed by atoms with Gasteiger partial charge < -0.3 is 14.2 Å². The van der Waals surface area contributed by atoms with Crippen molar-refractivity contribution >= 4 is 27.6 Å². The quantitative estimate of drug-likeness (QED) is 0.436. The summed E-state index contributed by atoms with van der Waals surface area (Å²) in [7, 11) is -0.890. The molecular formula is C23H29ClN6O5S. The standard InChI is InChI=1S/C23H29ClN6O5S/c1-14(21-25-11-17(24)12-26-21)15(2)36(31,32)29-23-28-27-22(16-7-6-10-35-13-16)30(23)20-18(33-3)8-5-9-19(20)34-4/h5,8-9,11-12,14-16H,6-7,10,13H2,1-4H3,(H,28,29)/t14-,15-,16?/m0/s1. The fraction of sp³-hybridized carbons (Fsp3) is 0.478. The highest BCUT2D eigenvalue weighted by Crippen LogP contribution is 2.38. The van der Waals surface area contributed by atoms with E-state index in [-0.39, 0.29) is 11.9 Å². The van der Waals surface area contributed by atoms with E-state index >= 15 is 0 Å². The third-order valence-electron chi connectivity index (χ3n) is 6.31. The van der Waals surface area contributed by atoms with Crippen LogP contribution in [0.15, 0.2) is 30.6 Å². The van der Waals surface area contributed by atoms with Crippen LogP contribution in [0.5, 0.6) is 11.5 Å². The molecule has 0 amide bonds. The monoisotopic (exact) mass is 536 g/mol. The van der Waals surface area contributed by atoms with Crippen LogP contribution in [-0.4, -0.2) is 65.8 Å². The number of rotatable bonds is 9. The number of anilines is 1. The topological polar surface area (TPSA) is 130 Å². The highest BCUT2D eigenvalue weighted by molar-refractivity contribution is 7.93. The lowest BCUT2D eigenvalue weighted by Gasteiger charge is -2.24. The van der Waals surface area contributed by atoms with Crippen molar-refractivity contribution in [1.82, 2.24) is 24.7 Å². The summed E-state index contributed by atoms with van der Waals surface area (Å²) < 4.78 is 48.2. The Bertz CT molecular complexity index is 1270. The molecule has 194 valence electrons. The van der Waals surface area contributed by atoms with Crippen LogP contribution in [-0.2, 0) is 14.8 Å². The highest BCUT2D eigenvalue weighted by Gasteiger charge is 2.33. The van der Waals surface area contributed by atoms with Crippen molar-refractivity contribution in [3.63, 3.8) is 0 Å². The number of nitrogens with zero attached hydrogens (tertiary/aromatic N) is 5. The van der Waals surface area contributed by atoms with Gasteiger partial charge in [-0.15, -0.1) is 10.2 Å². The van der Waals surface area contributed by atoms with Crippen molar-refractivity contribution in [1.29, 1.82) is 0 Å². The summed E-state index contributed by atoms with van der Waals surface area (Å²) >= 11 is 5.88. The number of ether oxygens (including phenoxy) is 3. The summed E-state index contributed by atoms with van der Waals surface area (Å²) in [6, 6.07) is 5.31. The van der Waals surface area contributed by atoms with Gasteiger partial charge in [0.2, 0.25) is 16.0 Å². The minimum absolute atomic E-state index is 0.0226. The molecule has 13 heteroatoms. The van der Waals surface area contributed by atoms with Gasteiger partial charge in [0, 0.05) is 30.8 Å². The Morgan fingerprint density at radius 1 is 1.14 bits per heavy atom. The van der Waals surface area contributed by atoms with Crippen molar-refractivity contribution in [2.24, 2.45) is 0 Å². The summed E-state index contributed by atoms with van der Waals surface area (Å²) in [6.07, 6.45) is 4.56. The third kappa shape index (κ3) is 5.25. The first-order valence-corrected chi connectivity index (χ1v) is 13.4. The molecule has 3 atom stereocenters. The maximum atomic E-state index is 13.5. The average Bonchev–Trinajstić information content (AvgIpc) is 3.30. The number of para-hydroxylation sites is 1. The number of nitrogens with one attached hydrogen (secondary N) is 1. The van der Waals surface area contributed by atoms with Gasteiger partial charge in [0.15, 0.2) is 0 Å². The van der Waals surface area contributed by atoms with Crippen molar-refractivity contribution in [3.8, 4) is 17.2 Å². The van der Waals surface area contributed by atoms with Gasteiger partial charge in [0.25, 0.3) is 0 Å². The predicted molar refractivity (Wildman–Crippen MR) is 135 cm³/mol. The molecule has 1 saturated heterocycles. The molecule has 4 rings (SSSR count). The number of hydrogen-bond donors (Lipinski definition) is 1. The van der Waals surface area contributed by atoms with Gasteiger partial charge in [-0.1, -0.05) is 24.6 Å². The van der Waals surface area contributed by atoms with E-state index < -0.39 is 21.2 Å². The first-order valence-electron chi connectivity index (χ1n) is 11.5. The van der Waals surface area contributed by atoms with Gasteiger partial charge in [0.1, 0.15) is 28.8 Å². The molecule has 0 bridgehead atoms. The molecule has 0 saturated carbocycles. The molecule has 2 aromatic heterocycles. The molecule has 3 heterocycles. The molecule has 36 heavy (non-hydrogen) atoms. The Balaban J connectivity index is 1.77. The molecule has 1 unspecified atom stereocenters. The predicted octanol–water partition coefficient (Wildman–Crippen LogP) is 3.56. The van der Waals surface area contributed by atoms with Crippen molar-refractivity contribution in [2.45, 2.75) is 43.8 Å².